The Balaban J connectivity index is 2.23. The number of alkyl halides is 1. The molecule has 1 heterocycles. The van der Waals surface area contributed by atoms with Gasteiger partial charge in [0.15, 0.2) is 0 Å². The smallest absolute Gasteiger partial charge is 0.207 e. The van der Waals surface area contributed by atoms with E-state index in [9.17, 15) is 0 Å². The van der Waals surface area contributed by atoms with Crippen LogP contribution in [-0.4, -0.2) is 9.36 Å². The van der Waals surface area contributed by atoms with Crippen molar-refractivity contribution in [3.63, 3.8) is 0 Å². The zero-order valence-electron chi connectivity index (χ0n) is 9.77. The van der Waals surface area contributed by atoms with Crippen molar-refractivity contribution in [2.45, 2.75) is 25.6 Å². The molecule has 2 aromatic rings. The molecule has 0 fully saturated rings. The Labute approximate surface area is 110 Å². The number of anilines is 2. The molecule has 17 heavy (non-hydrogen) atoms. The molecule has 2 rings (SSSR count). The Hall–Kier alpha value is -1.13. The van der Waals surface area contributed by atoms with E-state index in [0.29, 0.717) is 0 Å². The highest BCUT2D eigenvalue weighted by Crippen LogP contribution is 2.29. The van der Waals surface area contributed by atoms with E-state index in [2.05, 4.69) is 14.7 Å². The molecule has 1 N–H and O–H groups in total. The van der Waals surface area contributed by atoms with E-state index in [1.807, 2.05) is 38.1 Å². The summed E-state index contributed by atoms with van der Waals surface area (Å²) in [5, 5.41) is 4.05. The van der Waals surface area contributed by atoms with Gasteiger partial charge in [-0.1, -0.05) is 25.1 Å². The maximum Gasteiger partial charge on any atom is 0.207 e. The first-order valence-electron chi connectivity index (χ1n) is 5.53. The van der Waals surface area contributed by atoms with Crippen molar-refractivity contribution < 1.29 is 0 Å². The molecule has 5 heteroatoms. The van der Waals surface area contributed by atoms with Crippen molar-refractivity contribution in [3.8, 4) is 0 Å². The van der Waals surface area contributed by atoms with Gasteiger partial charge < -0.3 is 5.32 Å². The quantitative estimate of drug-likeness (QED) is 0.846. The number of hydrogen-bond donors (Lipinski definition) is 1. The molecular weight excluding hydrogens is 254 g/mol. The fraction of sp³-hybridized carbons (Fsp3) is 0.333. The van der Waals surface area contributed by atoms with Gasteiger partial charge in [0.05, 0.1) is 5.38 Å². The van der Waals surface area contributed by atoms with Crippen LogP contribution in [0.15, 0.2) is 24.3 Å². The zero-order valence-corrected chi connectivity index (χ0v) is 11.3. The Bertz CT molecular complexity index is 496. The van der Waals surface area contributed by atoms with Crippen LogP contribution in [0, 0.1) is 0 Å². The molecule has 0 aliphatic carbocycles. The molecule has 0 saturated heterocycles. The van der Waals surface area contributed by atoms with Gasteiger partial charge in [-0.25, -0.2) is 4.98 Å². The summed E-state index contributed by atoms with van der Waals surface area (Å²) in [7, 11) is 0. The first-order valence-corrected chi connectivity index (χ1v) is 6.74. The number of aromatic nitrogens is 2. The van der Waals surface area contributed by atoms with Crippen LogP contribution < -0.4 is 5.32 Å². The lowest BCUT2D eigenvalue weighted by molar-refractivity contribution is 1.00. The number of hydrogen-bond acceptors (Lipinski definition) is 4. The molecule has 0 aliphatic heterocycles. The highest BCUT2D eigenvalue weighted by atomic mass is 35.5. The average molecular weight is 268 g/mol. The van der Waals surface area contributed by atoms with Gasteiger partial charge in [0, 0.05) is 23.6 Å². The lowest BCUT2D eigenvalue weighted by Gasteiger charge is -2.10. The highest BCUT2D eigenvalue weighted by molar-refractivity contribution is 7.09. The third-order valence-electron chi connectivity index (χ3n) is 2.42. The second-order valence-electron chi connectivity index (χ2n) is 3.70. The van der Waals surface area contributed by atoms with E-state index in [-0.39, 0.29) is 5.38 Å². The second kappa shape index (κ2) is 5.47. The third kappa shape index (κ3) is 2.96. The Morgan fingerprint density at radius 1 is 1.41 bits per heavy atom. The molecule has 90 valence electrons. The van der Waals surface area contributed by atoms with Gasteiger partial charge in [0.2, 0.25) is 5.13 Å². The van der Waals surface area contributed by atoms with E-state index in [0.717, 1.165) is 28.6 Å². The Morgan fingerprint density at radius 2 is 2.18 bits per heavy atom. The zero-order chi connectivity index (χ0) is 12.3. The summed E-state index contributed by atoms with van der Waals surface area (Å²) in [6, 6.07) is 7.98. The van der Waals surface area contributed by atoms with Crippen LogP contribution in [0.25, 0.3) is 0 Å². The van der Waals surface area contributed by atoms with Crippen molar-refractivity contribution >= 4 is 34.0 Å². The highest BCUT2D eigenvalue weighted by Gasteiger charge is 2.09. The topological polar surface area (TPSA) is 37.8 Å². The van der Waals surface area contributed by atoms with Crippen LogP contribution >= 0.6 is 23.1 Å². The number of nitrogens with zero attached hydrogens (tertiary/aromatic N) is 2. The molecule has 3 nitrogen and oxygen atoms in total. The van der Waals surface area contributed by atoms with Crippen LogP contribution in [-0.2, 0) is 6.42 Å². The number of aryl methyl sites for hydroxylation is 1. The van der Waals surface area contributed by atoms with Gasteiger partial charge in [-0.2, -0.15) is 4.37 Å². The normalized spacial score (nSPS) is 12.4. The summed E-state index contributed by atoms with van der Waals surface area (Å²) in [4.78, 5) is 4.38. The molecule has 1 aromatic carbocycles. The van der Waals surface area contributed by atoms with Crippen LogP contribution in [0.4, 0.5) is 10.8 Å². The predicted octanol–water partition coefficient (Wildman–Crippen LogP) is 4.14. The molecule has 1 atom stereocenters. The third-order valence-corrected chi connectivity index (χ3v) is 3.32. The summed E-state index contributed by atoms with van der Waals surface area (Å²) in [6.45, 7) is 4.00. The Morgan fingerprint density at radius 3 is 2.82 bits per heavy atom. The summed E-state index contributed by atoms with van der Waals surface area (Å²) in [5.74, 6) is 0.869. The molecule has 0 spiro atoms. The summed E-state index contributed by atoms with van der Waals surface area (Å²) in [6.07, 6.45) is 0.853. The van der Waals surface area contributed by atoms with Crippen LogP contribution in [0.1, 0.15) is 30.6 Å². The molecule has 1 unspecified atom stereocenters. The van der Waals surface area contributed by atoms with Crippen molar-refractivity contribution in [1.82, 2.24) is 9.36 Å². The van der Waals surface area contributed by atoms with Gasteiger partial charge in [0.25, 0.3) is 0 Å². The van der Waals surface area contributed by atoms with E-state index in [4.69, 9.17) is 11.6 Å². The van der Waals surface area contributed by atoms with Crippen molar-refractivity contribution in [2.24, 2.45) is 0 Å². The van der Waals surface area contributed by atoms with Gasteiger partial charge in [0.1, 0.15) is 5.82 Å². The van der Waals surface area contributed by atoms with Gasteiger partial charge in [-0.15, -0.1) is 11.6 Å². The van der Waals surface area contributed by atoms with Gasteiger partial charge >= 0.3 is 0 Å². The summed E-state index contributed by atoms with van der Waals surface area (Å²) < 4.78 is 4.24. The van der Waals surface area contributed by atoms with Crippen molar-refractivity contribution in [1.29, 1.82) is 0 Å². The van der Waals surface area contributed by atoms with Crippen LogP contribution in [0.3, 0.4) is 0 Å². The maximum atomic E-state index is 6.13. The molecule has 0 amide bonds. The largest absolute Gasteiger partial charge is 0.330 e. The lowest BCUT2D eigenvalue weighted by Crippen LogP contribution is -1.96. The minimum atomic E-state index is -0.0303. The number of para-hydroxylation sites is 1. The van der Waals surface area contributed by atoms with Crippen LogP contribution in [0.5, 0.6) is 0 Å². The van der Waals surface area contributed by atoms with E-state index in [1.165, 1.54) is 11.5 Å². The summed E-state index contributed by atoms with van der Waals surface area (Å²) in [5.41, 5.74) is 2.07. The average Bonchev–Trinajstić information content (AvgIpc) is 2.77. The first-order chi connectivity index (χ1) is 8.20. The van der Waals surface area contributed by atoms with Crippen molar-refractivity contribution in [2.75, 3.05) is 5.32 Å². The monoisotopic (exact) mass is 267 g/mol. The second-order valence-corrected chi connectivity index (χ2v) is 5.10. The predicted molar refractivity (Wildman–Crippen MR) is 73.3 cm³/mol. The number of benzene rings is 1. The standard InChI is InChI=1S/C12H14ClN3S/c1-3-11-15-12(17-16-11)14-10-7-5-4-6-9(10)8(2)13/h4-8H,3H2,1-2H3,(H,14,15,16). The molecular formula is C12H14ClN3S. The Kier molecular flexibility index (Phi) is 3.97. The SMILES string of the molecule is CCc1nsc(Nc2ccccc2C(C)Cl)n1. The molecule has 0 saturated carbocycles. The maximum absolute atomic E-state index is 6.13. The van der Waals surface area contributed by atoms with E-state index in [1.54, 1.807) is 0 Å². The van der Waals surface area contributed by atoms with Crippen LogP contribution in [0.2, 0.25) is 0 Å². The fourth-order valence-corrected chi connectivity index (χ4v) is 2.38. The lowest BCUT2D eigenvalue weighted by atomic mass is 10.1. The van der Waals surface area contributed by atoms with Gasteiger partial charge in [-0.3, -0.25) is 0 Å². The first kappa shape index (κ1) is 12.3. The van der Waals surface area contributed by atoms with E-state index < -0.39 is 0 Å². The number of rotatable bonds is 4. The number of halogens is 1. The van der Waals surface area contributed by atoms with E-state index >= 15 is 0 Å². The molecule has 0 bridgehead atoms. The fourth-order valence-electron chi connectivity index (χ4n) is 1.52. The summed E-state index contributed by atoms with van der Waals surface area (Å²) >= 11 is 7.51. The number of nitrogens with one attached hydrogen (secondary N) is 1. The molecule has 1 aromatic heterocycles. The molecule has 0 aliphatic rings. The molecule has 0 radical (unpaired) electrons. The van der Waals surface area contributed by atoms with Crippen molar-refractivity contribution in [3.05, 3.63) is 35.7 Å². The minimum Gasteiger partial charge on any atom is -0.330 e. The van der Waals surface area contributed by atoms with Gasteiger partial charge in [-0.05, 0) is 18.6 Å². The minimum absolute atomic E-state index is 0.0303.